The fourth-order valence-electron chi connectivity index (χ4n) is 3.33. The Morgan fingerprint density at radius 2 is 2.10 bits per heavy atom. The number of hydrogen-bond donors (Lipinski definition) is 2. The number of aromatic nitrogens is 1. The van der Waals surface area contributed by atoms with Crippen LogP contribution in [0.4, 0.5) is 5.13 Å². The van der Waals surface area contributed by atoms with Crippen LogP contribution in [0.3, 0.4) is 0 Å². The van der Waals surface area contributed by atoms with Crippen LogP contribution in [-0.2, 0) is 13.0 Å². The number of thiazole rings is 1. The summed E-state index contributed by atoms with van der Waals surface area (Å²) in [6, 6.07) is 6.34. The molecule has 1 saturated heterocycles. The number of aliphatic imine (C=N–C) groups is 1. The van der Waals surface area contributed by atoms with Gasteiger partial charge in [0.15, 0.2) is 11.1 Å². The molecule has 0 amide bonds. The van der Waals surface area contributed by atoms with Crippen molar-refractivity contribution < 1.29 is 4.74 Å². The Morgan fingerprint density at radius 3 is 2.86 bits per heavy atom. The largest absolute Gasteiger partial charge is 0.493 e. The lowest BCUT2D eigenvalue weighted by Crippen LogP contribution is -2.38. The van der Waals surface area contributed by atoms with Crippen LogP contribution in [0.15, 0.2) is 28.6 Å². The van der Waals surface area contributed by atoms with E-state index in [2.05, 4.69) is 58.0 Å². The van der Waals surface area contributed by atoms with E-state index in [1.807, 2.05) is 0 Å². The molecule has 1 aliphatic rings. The highest BCUT2D eigenvalue weighted by Gasteiger charge is 2.15. The Morgan fingerprint density at radius 1 is 1.28 bits per heavy atom. The van der Waals surface area contributed by atoms with Gasteiger partial charge >= 0.3 is 0 Å². The van der Waals surface area contributed by atoms with E-state index in [1.165, 1.54) is 23.5 Å². The highest BCUT2D eigenvalue weighted by molar-refractivity contribution is 7.13. The van der Waals surface area contributed by atoms with Crippen molar-refractivity contribution in [3.63, 3.8) is 0 Å². The van der Waals surface area contributed by atoms with Crippen molar-refractivity contribution in [2.75, 3.05) is 38.2 Å². The number of benzene rings is 1. The van der Waals surface area contributed by atoms with Gasteiger partial charge in [-0.1, -0.05) is 19.1 Å². The predicted molar refractivity (Wildman–Crippen MR) is 122 cm³/mol. The minimum Gasteiger partial charge on any atom is -0.493 e. The third kappa shape index (κ3) is 6.35. The lowest BCUT2D eigenvalue weighted by molar-refractivity contribution is 0.313. The third-order valence-electron chi connectivity index (χ3n) is 4.94. The molecule has 1 aromatic heterocycles. The number of hydrogen-bond acceptors (Lipinski definition) is 5. The van der Waals surface area contributed by atoms with Gasteiger partial charge in [-0.3, -0.25) is 4.99 Å². The summed E-state index contributed by atoms with van der Waals surface area (Å²) in [6.45, 7) is 8.71. The molecule has 0 saturated carbocycles. The number of anilines is 1. The van der Waals surface area contributed by atoms with Crippen molar-refractivity contribution in [2.24, 2.45) is 4.99 Å². The van der Waals surface area contributed by atoms with Gasteiger partial charge in [0.1, 0.15) is 5.75 Å². The molecule has 6 nitrogen and oxygen atoms in total. The molecule has 1 aromatic carbocycles. The van der Waals surface area contributed by atoms with Gasteiger partial charge in [0, 0.05) is 50.6 Å². The molecule has 0 bridgehead atoms. The minimum atomic E-state index is 0.675. The van der Waals surface area contributed by atoms with Gasteiger partial charge in [0.05, 0.1) is 12.3 Å². The van der Waals surface area contributed by atoms with Gasteiger partial charge in [0.25, 0.3) is 0 Å². The average Bonchev–Trinajstić information content (AvgIpc) is 3.41. The summed E-state index contributed by atoms with van der Waals surface area (Å²) < 4.78 is 5.91. The van der Waals surface area contributed by atoms with Crippen molar-refractivity contribution in [3.05, 3.63) is 40.4 Å². The van der Waals surface area contributed by atoms with E-state index < -0.39 is 0 Å². The van der Waals surface area contributed by atoms with Crippen LogP contribution in [-0.4, -0.2) is 44.2 Å². The monoisotopic (exact) mass is 415 g/mol. The van der Waals surface area contributed by atoms with Crippen LogP contribution in [0.2, 0.25) is 0 Å². The summed E-state index contributed by atoms with van der Waals surface area (Å²) in [6.07, 6.45) is 4.45. The molecule has 0 atom stereocenters. The lowest BCUT2D eigenvalue weighted by atomic mass is 10.1. The SMILES string of the molecule is CCCOc1cc(C)ccc1CNC(=NC)NCCc1csc(N2CCCC2)n1. The summed E-state index contributed by atoms with van der Waals surface area (Å²) in [5, 5.41) is 10.1. The Kier molecular flexibility index (Phi) is 8.16. The van der Waals surface area contributed by atoms with Crippen LogP contribution in [0, 0.1) is 6.92 Å². The molecule has 0 spiro atoms. The van der Waals surface area contributed by atoms with Crippen LogP contribution >= 0.6 is 11.3 Å². The molecule has 0 aliphatic carbocycles. The van der Waals surface area contributed by atoms with Gasteiger partial charge in [-0.25, -0.2) is 4.98 Å². The number of guanidine groups is 1. The van der Waals surface area contributed by atoms with E-state index >= 15 is 0 Å². The fraction of sp³-hybridized carbons (Fsp3) is 0.545. The summed E-state index contributed by atoms with van der Waals surface area (Å²) in [7, 11) is 1.80. The molecule has 3 rings (SSSR count). The first-order valence-electron chi connectivity index (χ1n) is 10.6. The molecule has 1 fully saturated rings. The van der Waals surface area contributed by atoms with E-state index in [9.17, 15) is 0 Å². The van der Waals surface area contributed by atoms with Crippen LogP contribution < -0.4 is 20.3 Å². The van der Waals surface area contributed by atoms with Crippen molar-refractivity contribution >= 4 is 22.4 Å². The second kappa shape index (κ2) is 11.0. The molecule has 1 aliphatic heterocycles. The van der Waals surface area contributed by atoms with Crippen molar-refractivity contribution in [3.8, 4) is 5.75 Å². The average molecular weight is 416 g/mol. The number of nitrogens with one attached hydrogen (secondary N) is 2. The molecule has 2 aromatic rings. The number of aryl methyl sites for hydroxylation is 1. The van der Waals surface area contributed by atoms with E-state index in [1.54, 1.807) is 18.4 Å². The maximum atomic E-state index is 5.91. The molecular formula is C22H33N5OS. The lowest BCUT2D eigenvalue weighted by Gasteiger charge is -2.15. The van der Waals surface area contributed by atoms with Crippen LogP contribution in [0.1, 0.15) is 43.0 Å². The zero-order valence-corrected chi connectivity index (χ0v) is 18.6. The molecule has 29 heavy (non-hydrogen) atoms. The van der Waals surface area contributed by atoms with E-state index in [-0.39, 0.29) is 0 Å². The Hall–Kier alpha value is -2.28. The summed E-state index contributed by atoms with van der Waals surface area (Å²) in [5.74, 6) is 1.74. The molecular weight excluding hydrogens is 382 g/mol. The first kappa shape index (κ1) is 21.4. The zero-order chi connectivity index (χ0) is 20.5. The van der Waals surface area contributed by atoms with Gasteiger partial charge in [-0.2, -0.15) is 0 Å². The first-order chi connectivity index (χ1) is 14.2. The molecule has 2 heterocycles. The van der Waals surface area contributed by atoms with Gasteiger partial charge < -0.3 is 20.3 Å². The third-order valence-corrected chi connectivity index (χ3v) is 5.89. The van der Waals surface area contributed by atoms with E-state index in [0.29, 0.717) is 6.54 Å². The van der Waals surface area contributed by atoms with Gasteiger partial charge in [0.2, 0.25) is 0 Å². The van der Waals surface area contributed by atoms with Crippen LogP contribution in [0.5, 0.6) is 5.75 Å². The van der Waals surface area contributed by atoms with E-state index in [0.717, 1.165) is 62.0 Å². The zero-order valence-electron chi connectivity index (χ0n) is 17.8. The minimum absolute atomic E-state index is 0.675. The molecule has 0 unspecified atom stereocenters. The Balaban J connectivity index is 1.46. The Labute approximate surface area is 178 Å². The fourth-order valence-corrected chi connectivity index (χ4v) is 4.24. The Bertz CT molecular complexity index is 798. The standard InChI is InChI=1S/C22H33N5OS/c1-4-13-28-20-14-17(2)7-8-18(20)15-25-21(23-3)24-10-9-19-16-29-22(26-19)27-11-5-6-12-27/h7-8,14,16H,4-6,9-13,15H2,1-3H3,(H2,23,24,25). The molecule has 158 valence electrons. The number of ether oxygens (including phenoxy) is 1. The normalized spacial score (nSPS) is 14.3. The number of rotatable bonds is 9. The van der Waals surface area contributed by atoms with Gasteiger partial charge in [-0.15, -0.1) is 11.3 Å². The topological polar surface area (TPSA) is 61.8 Å². The summed E-state index contributed by atoms with van der Waals surface area (Å²) in [4.78, 5) is 11.5. The maximum absolute atomic E-state index is 5.91. The maximum Gasteiger partial charge on any atom is 0.191 e. The second-order valence-electron chi connectivity index (χ2n) is 7.38. The predicted octanol–water partition coefficient (Wildman–Crippen LogP) is 3.75. The molecule has 2 N–H and O–H groups in total. The van der Waals surface area contributed by atoms with E-state index in [4.69, 9.17) is 9.72 Å². The quantitative estimate of drug-likeness (QED) is 0.482. The van der Waals surface area contributed by atoms with Gasteiger partial charge in [-0.05, 0) is 37.8 Å². The van der Waals surface area contributed by atoms with Crippen molar-refractivity contribution in [1.29, 1.82) is 0 Å². The molecule has 7 heteroatoms. The number of nitrogens with zero attached hydrogens (tertiary/aromatic N) is 3. The molecule has 0 radical (unpaired) electrons. The summed E-state index contributed by atoms with van der Waals surface area (Å²) in [5.41, 5.74) is 3.49. The summed E-state index contributed by atoms with van der Waals surface area (Å²) >= 11 is 1.76. The highest BCUT2D eigenvalue weighted by atomic mass is 32.1. The smallest absolute Gasteiger partial charge is 0.191 e. The first-order valence-corrected chi connectivity index (χ1v) is 11.4. The van der Waals surface area contributed by atoms with Crippen molar-refractivity contribution in [1.82, 2.24) is 15.6 Å². The highest BCUT2D eigenvalue weighted by Crippen LogP contribution is 2.24. The van der Waals surface area contributed by atoms with Crippen LogP contribution in [0.25, 0.3) is 0 Å². The van der Waals surface area contributed by atoms with Crippen molar-refractivity contribution in [2.45, 2.75) is 46.1 Å². The second-order valence-corrected chi connectivity index (χ2v) is 8.21.